The van der Waals surface area contributed by atoms with E-state index in [1.807, 2.05) is 11.9 Å². The van der Waals surface area contributed by atoms with Crippen molar-refractivity contribution >= 4 is 28.8 Å². The summed E-state index contributed by atoms with van der Waals surface area (Å²) in [5.41, 5.74) is 1.16. The number of aryl methyl sites for hydroxylation is 1. The van der Waals surface area contributed by atoms with E-state index in [4.69, 9.17) is 0 Å². The molecule has 0 amide bonds. The summed E-state index contributed by atoms with van der Waals surface area (Å²) in [7, 11) is 1.89. The van der Waals surface area contributed by atoms with E-state index < -0.39 is 4.92 Å². The number of thiophene rings is 1. The molecule has 2 aromatic heterocycles. The SMILES string of the molecule is Cc1ccsc1CN(C)c1ncc([N+](=O)[O-])c(NC2CC2)n1. The molecule has 116 valence electrons. The lowest BCUT2D eigenvalue weighted by Crippen LogP contribution is -2.20. The fraction of sp³-hybridized carbons (Fsp3) is 0.429. The Balaban J connectivity index is 1.83. The average molecular weight is 319 g/mol. The normalized spacial score (nSPS) is 13.9. The van der Waals surface area contributed by atoms with E-state index in [0.29, 0.717) is 24.4 Å². The fourth-order valence-corrected chi connectivity index (χ4v) is 3.02. The Morgan fingerprint density at radius 1 is 1.55 bits per heavy atom. The lowest BCUT2D eigenvalue weighted by Gasteiger charge is -2.17. The van der Waals surface area contributed by atoms with Gasteiger partial charge in [-0.15, -0.1) is 11.3 Å². The number of aromatic nitrogens is 2. The van der Waals surface area contributed by atoms with Crippen molar-refractivity contribution in [2.45, 2.75) is 32.4 Å². The molecule has 2 aromatic rings. The number of nitrogens with one attached hydrogen (secondary N) is 1. The third-order valence-electron chi connectivity index (χ3n) is 3.56. The number of anilines is 2. The van der Waals surface area contributed by atoms with Gasteiger partial charge in [-0.1, -0.05) is 0 Å². The molecule has 0 unspecified atom stereocenters. The topological polar surface area (TPSA) is 84.2 Å². The molecule has 0 aromatic carbocycles. The van der Waals surface area contributed by atoms with Crippen molar-refractivity contribution in [2.75, 3.05) is 17.3 Å². The lowest BCUT2D eigenvalue weighted by molar-refractivity contribution is -0.384. The lowest BCUT2D eigenvalue weighted by atomic mass is 10.3. The van der Waals surface area contributed by atoms with Gasteiger partial charge in [-0.25, -0.2) is 4.98 Å². The molecule has 0 spiro atoms. The van der Waals surface area contributed by atoms with E-state index >= 15 is 0 Å². The van der Waals surface area contributed by atoms with Gasteiger partial charge in [0, 0.05) is 18.0 Å². The van der Waals surface area contributed by atoms with Crippen LogP contribution in [0.5, 0.6) is 0 Å². The van der Waals surface area contributed by atoms with Crippen LogP contribution in [0.3, 0.4) is 0 Å². The van der Waals surface area contributed by atoms with E-state index in [1.54, 1.807) is 11.3 Å². The van der Waals surface area contributed by atoms with Gasteiger partial charge >= 0.3 is 5.69 Å². The molecular formula is C14H17N5O2S. The first-order valence-corrected chi connectivity index (χ1v) is 7.94. The molecule has 3 rings (SSSR count). The van der Waals surface area contributed by atoms with Crippen molar-refractivity contribution < 1.29 is 4.92 Å². The Bertz CT molecular complexity index is 698. The number of nitrogens with zero attached hydrogens (tertiary/aromatic N) is 4. The second-order valence-corrected chi connectivity index (χ2v) is 6.46. The summed E-state index contributed by atoms with van der Waals surface area (Å²) < 4.78 is 0. The van der Waals surface area contributed by atoms with Gasteiger partial charge in [0.25, 0.3) is 0 Å². The van der Waals surface area contributed by atoms with E-state index in [-0.39, 0.29) is 5.69 Å². The van der Waals surface area contributed by atoms with Crippen LogP contribution in [-0.4, -0.2) is 28.0 Å². The van der Waals surface area contributed by atoms with Crippen LogP contribution >= 0.6 is 11.3 Å². The maximum Gasteiger partial charge on any atom is 0.329 e. The van der Waals surface area contributed by atoms with Gasteiger partial charge in [0.05, 0.1) is 11.5 Å². The number of nitro groups is 1. The molecule has 1 aliphatic carbocycles. The van der Waals surface area contributed by atoms with E-state index in [2.05, 4.69) is 33.7 Å². The van der Waals surface area contributed by atoms with Gasteiger partial charge in [0.15, 0.2) is 0 Å². The zero-order valence-electron chi connectivity index (χ0n) is 12.4. The van der Waals surface area contributed by atoms with Gasteiger partial charge in [-0.2, -0.15) is 4.98 Å². The summed E-state index contributed by atoms with van der Waals surface area (Å²) in [4.78, 5) is 22.3. The van der Waals surface area contributed by atoms with Crippen LogP contribution in [0.4, 0.5) is 17.5 Å². The highest BCUT2D eigenvalue weighted by atomic mass is 32.1. The Hall–Kier alpha value is -2.22. The average Bonchev–Trinajstić information content (AvgIpc) is 3.21. The summed E-state index contributed by atoms with van der Waals surface area (Å²) in [6.45, 7) is 2.75. The highest BCUT2D eigenvalue weighted by Crippen LogP contribution is 2.30. The summed E-state index contributed by atoms with van der Waals surface area (Å²) in [6.07, 6.45) is 3.34. The minimum atomic E-state index is -0.447. The van der Waals surface area contributed by atoms with Crippen molar-refractivity contribution in [2.24, 2.45) is 0 Å². The first-order chi connectivity index (χ1) is 10.5. The van der Waals surface area contributed by atoms with Gasteiger partial charge in [-0.05, 0) is 36.8 Å². The highest BCUT2D eigenvalue weighted by molar-refractivity contribution is 7.10. The zero-order valence-corrected chi connectivity index (χ0v) is 13.3. The third-order valence-corrected chi connectivity index (χ3v) is 4.57. The monoisotopic (exact) mass is 319 g/mol. The minimum Gasteiger partial charge on any atom is -0.361 e. The Kier molecular flexibility index (Phi) is 3.93. The Morgan fingerprint density at radius 2 is 2.32 bits per heavy atom. The predicted octanol–water partition coefficient (Wildman–Crippen LogP) is 2.97. The van der Waals surface area contributed by atoms with Crippen molar-refractivity contribution in [1.82, 2.24) is 9.97 Å². The maximum atomic E-state index is 11.1. The van der Waals surface area contributed by atoms with Crippen LogP contribution in [0.1, 0.15) is 23.3 Å². The van der Waals surface area contributed by atoms with Crippen molar-refractivity contribution in [3.63, 3.8) is 0 Å². The van der Waals surface area contributed by atoms with Crippen LogP contribution < -0.4 is 10.2 Å². The van der Waals surface area contributed by atoms with Crippen LogP contribution in [0.15, 0.2) is 17.6 Å². The molecule has 0 bridgehead atoms. The molecule has 1 aliphatic rings. The fourth-order valence-electron chi connectivity index (χ4n) is 2.06. The van der Waals surface area contributed by atoms with Crippen molar-refractivity contribution in [3.05, 3.63) is 38.2 Å². The van der Waals surface area contributed by atoms with E-state index in [0.717, 1.165) is 12.8 Å². The summed E-state index contributed by atoms with van der Waals surface area (Å²) in [5.74, 6) is 0.800. The molecule has 1 fully saturated rings. The van der Waals surface area contributed by atoms with Crippen molar-refractivity contribution in [1.29, 1.82) is 0 Å². The standard InChI is InChI=1S/C14H17N5O2S/c1-9-5-6-22-12(9)8-18(2)14-15-7-11(19(20)21)13(17-14)16-10-3-4-10/h5-7,10H,3-4,8H2,1-2H3,(H,15,16,17). The summed E-state index contributed by atoms with van der Waals surface area (Å²) in [6, 6.07) is 2.37. The number of rotatable bonds is 6. The van der Waals surface area contributed by atoms with E-state index in [9.17, 15) is 10.1 Å². The molecule has 2 heterocycles. The zero-order chi connectivity index (χ0) is 15.7. The molecule has 0 radical (unpaired) electrons. The molecule has 7 nitrogen and oxygen atoms in total. The molecule has 0 atom stereocenters. The third kappa shape index (κ3) is 3.16. The van der Waals surface area contributed by atoms with Gasteiger partial charge in [0.1, 0.15) is 6.20 Å². The molecular weight excluding hydrogens is 302 g/mol. The van der Waals surface area contributed by atoms with Crippen LogP contribution in [0.25, 0.3) is 0 Å². The summed E-state index contributed by atoms with van der Waals surface area (Å²) >= 11 is 1.68. The molecule has 8 heteroatoms. The van der Waals surface area contributed by atoms with E-state index in [1.165, 1.54) is 16.6 Å². The van der Waals surface area contributed by atoms with Gasteiger partial charge < -0.3 is 10.2 Å². The number of hydrogen-bond donors (Lipinski definition) is 1. The van der Waals surface area contributed by atoms with Gasteiger partial charge in [0.2, 0.25) is 11.8 Å². The quantitative estimate of drug-likeness (QED) is 0.651. The first-order valence-electron chi connectivity index (χ1n) is 7.06. The second-order valence-electron chi connectivity index (χ2n) is 5.46. The smallest absolute Gasteiger partial charge is 0.329 e. The predicted molar refractivity (Wildman–Crippen MR) is 86.5 cm³/mol. The Labute approximate surface area is 132 Å². The first kappa shape index (κ1) is 14.7. The molecule has 22 heavy (non-hydrogen) atoms. The molecule has 1 N–H and O–H groups in total. The largest absolute Gasteiger partial charge is 0.361 e. The van der Waals surface area contributed by atoms with Crippen molar-refractivity contribution in [3.8, 4) is 0 Å². The minimum absolute atomic E-state index is 0.0728. The molecule has 0 saturated heterocycles. The summed E-state index contributed by atoms with van der Waals surface area (Å²) in [5, 5.41) is 16.2. The second kappa shape index (κ2) is 5.88. The Morgan fingerprint density at radius 3 is 2.91 bits per heavy atom. The highest BCUT2D eigenvalue weighted by Gasteiger charge is 2.27. The van der Waals surface area contributed by atoms with Crippen LogP contribution in [-0.2, 0) is 6.54 Å². The molecule has 1 saturated carbocycles. The maximum absolute atomic E-state index is 11.1. The molecule has 0 aliphatic heterocycles. The van der Waals surface area contributed by atoms with Crippen LogP contribution in [0.2, 0.25) is 0 Å². The van der Waals surface area contributed by atoms with Crippen LogP contribution in [0, 0.1) is 17.0 Å². The number of hydrogen-bond acceptors (Lipinski definition) is 7. The van der Waals surface area contributed by atoms with Gasteiger partial charge in [-0.3, -0.25) is 10.1 Å².